The van der Waals surface area contributed by atoms with Gasteiger partial charge in [-0.1, -0.05) is 24.3 Å². The molecule has 2 nitrogen and oxygen atoms in total. The van der Waals surface area contributed by atoms with Gasteiger partial charge >= 0.3 is 0 Å². The Kier molecular flexibility index (Phi) is 5.53. The molecule has 0 aromatic carbocycles. The molecule has 0 aromatic heterocycles. The molecule has 0 saturated heterocycles. The van der Waals surface area contributed by atoms with Gasteiger partial charge in [-0.2, -0.15) is 0 Å². The Morgan fingerprint density at radius 1 is 0.833 bits per heavy atom. The zero-order chi connectivity index (χ0) is 9.40. The van der Waals surface area contributed by atoms with E-state index in [1.54, 1.807) is 38.2 Å². The summed E-state index contributed by atoms with van der Waals surface area (Å²) in [5.74, 6) is 0. The Labute approximate surface area is 72.3 Å². The molecule has 0 atom stereocenters. The molecule has 64 valence electrons. The van der Waals surface area contributed by atoms with Crippen molar-refractivity contribution in [3.63, 3.8) is 0 Å². The predicted molar refractivity (Wildman–Crippen MR) is 48.8 cm³/mol. The van der Waals surface area contributed by atoms with E-state index in [0.717, 1.165) is 12.6 Å². The van der Waals surface area contributed by atoms with E-state index in [-0.39, 0.29) is 0 Å². The summed E-state index contributed by atoms with van der Waals surface area (Å²) in [6.45, 7) is 3.43. The highest BCUT2D eigenvalue weighted by molar-refractivity contribution is 5.73. The zero-order valence-corrected chi connectivity index (χ0v) is 7.28. The summed E-state index contributed by atoms with van der Waals surface area (Å²) in [4.78, 5) is 20.2. The number of aldehydes is 2. The molecular formula is C10H12O2. The number of allylic oxidation sites excluding steroid dienone is 6. The van der Waals surface area contributed by atoms with Crippen molar-refractivity contribution in [3.8, 4) is 0 Å². The van der Waals surface area contributed by atoms with Gasteiger partial charge in [0.1, 0.15) is 12.6 Å². The Morgan fingerprint density at radius 2 is 1.17 bits per heavy atom. The van der Waals surface area contributed by atoms with Crippen molar-refractivity contribution in [2.24, 2.45) is 0 Å². The van der Waals surface area contributed by atoms with Crippen molar-refractivity contribution < 1.29 is 9.59 Å². The number of hydrogen-bond acceptors (Lipinski definition) is 2. The summed E-state index contributed by atoms with van der Waals surface area (Å²) in [6.07, 6.45) is 8.36. The zero-order valence-electron chi connectivity index (χ0n) is 7.28. The lowest BCUT2D eigenvalue weighted by Crippen LogP contribution is -1.73. The fraction of sp³-hybridized carbons (Fsp3) is 0.200. The summed E-state index contributed by atoms with van der Waals surface area (Å²) in [5, 5.41) is 0. The third-order valence-corrected chi connectivity index (χ3v) is 1.20. The van der Waals surface area contributed by atoms with Crippen molar-refractivity contribution in [3.05, 3.63) is 35.5 Å². The fourth-order valence-corrected chi connectivity index (χ4v) is 0.493. The topological polar surface area (TPSA) is 34.1 Å². The van der Waals surface area contributed by atoms with Crippen LogP contribution >= 0.6 is 0 Å². The number of carbonyl (C=O) groups is 2. The van der Waals surface area contributed by atoms with Crippen LogP contribution in [-0.2, 0) is 9.59 Å². The summed E-state index contributed by atoms with van der Waals surface area (Å²) in [7, 11) is 0. The lowest BCUT2D eigenvalue weighted by atomic mass is 11.2. The second-order valence-corrected chi connectivity index (χ2v) is 2.44. The molecule has 0 aromatic rings. The van der Waals surface area contributed by atoms with Gasteiger partial charge in [-0.05, 0) is 25.0 Å². The van der Waals surface area contributed by atoms with Crippen molar-refractivity contribution in [1.29, 1.82) is 0 Å². The average molecular weight is 174 g/mol. The van der Waals surface area contributed by atoms with Gasteiger partial charge in [0.25, 0.3) is 0 Å². The van der Waals surface area contributed by atoms with Crippen LogP contribution in [0.1, 0.15) is 13.8 Å². The van der Waals surface area contributed by atoms with Crippen molar-refractivity contribution in [2.45, 2.75) is 13.8 Å². The van der Waals surface area contributed by atoms with Crippen molar-refractivity contribution in [1.82, 2.24) is 0 Å². The molecule has 2 heteroatoms. The smallest absolute Gasteiger partial charge is 0.145 e. The first kappa shape index (κ1) is 10.6. The quantitative estimate of drug-likeness (QED) is 0.282. The number of rotatable bonds is 4. The van der Waals surface area contributed by atoms with E-state index >= 15 is 0 Å². The first-order valence-electron chi connectivity index (χ1n) is 3.63. The minimum Gasteiger partial charge on any atom is -0.298 e. The molecule has 0 N–H and O–H groups in total. The molecule has 0 aliphatic rings. The van der Waals surface area contributed by atoms with E-state index < -0.39 is 0 Å². The van der Waals surface area contributed by atoms with Crippen LogP contribution in [0.4, 0.5) is 0 Å². The van der Waals surface area contributed by atoms with Crippen LogP contribution in [0.5, 0.6) is 0 Å². The molecule has 12 heavy (non-hydrogen) atoms. The van der Waals surface area contributed by atoms with Crippen LogP contribution in [-0.4, -0.2) is 12.6 Å². The van der Waals surface area contributed by atoms with Gasteiger partial charge in [0.05, 0.1) is 0 Å². The molecule has 0 rings (SSSR count). The normalized spacial score (nSPS) is 13.5. The molecule has 0 radical (unpaired) electrons. The van der Waals surface area contributed by atoms with Crippen molar-refractivity contribution >= 4 is 12.6 Å². The van der Waals surface area contributed by atoms with E-state index in [2.05, 4.69) is 0 Å². The van der Waals surface area contributed by atoms with Crippen molar-refractivity contribution in [2.75, 3.05) is 0 Å². The molecule has 0 saturated carbocycles. The van der Waals surface area contributed by atoms with Crippen LogP contribution in [0.25, 0.3) is 0 Å². The number of carbonyl (C=O) groups excluding carboxylic acids is 2. The Balaban J connectivity index is 4.09. The summed E-state index contributed by atoms with van der Waals surface area (Å²) >= 11 is 0. The van der Waals surface area contributed by atoms with E-state index in [4.69, 9.17) is 0 Å². The van der Waals surface area contributed by atoms with E-state index in [1.807, 2.05) is 0 Å². The summed E-state index contributed by atoms with van der Waals surface area (Å²) in [6, 6.07) is 0. The van der Waals surface area contributed by atoms with Crippen LogP contribution in [0.15, 0.2) is 35.5 Å². The molecule has 0 bridgehead atoms. The average Bonchev–Trinajstić information content (AvgIpc) is 2.11. The highest BCUT2D eigenvalue weighted by Gasteiger charge is 1.79. The SMILES string of the molecule is [13CH3]\[13C]([13CH]=O)=[13CH]/[13CH]=[13CH]/[13CH]=[13C](\[13CH3])[13CH]=O. The molecule has 0 aliphatic carbocycles. The first-order valence-corrected chi connectivity index (χ1v) is 3.63. The molecule has 0 spiro atoms. The summed E-state index contributed by atoms with van der Waals surface area (Å²) in [5.41, 5.74) is 1.31. The molecular weight excluding hydrogens is 162 g/mol. The van der Waals surface area contributed by atoms with Gasteiger partial charge in [-0.3, -0.25) is 9.59 Å². The monoisotopic (exact) mass is 174 g/mol. The highest BCUT2D eigenvalue weighted by atomic mass is 16.2. The Morgan fingerprint density at radius 3 is 1.42 bits per heavy atom. The van der Waals surface area contributed by atoms with Gasteiger partial charge < -0.3 is 0 Å². The van der Waals surface area contributed by atoms with Gasteiger partial charge in [0.2, 0.25) is 0 Å². The first-order chi connectivity index (χ1) is 5.70. The largest absolute Gasteiger partial charge is 0.298 e. The molecule has 0 unspecified atom stereocenters. The maximum absolute atomic E-state index is 10.1. The van der Waals surface area contributed by atoms with E-state index in [1.165, 1.54) is 0 Å². The molecule has 0 aliphatic heterocycles. The van der Waals surface area contributed by atoms with Gasteiger partial charge in [0, 0.05) is 0 Å². The lowest BCUT2D eigenvalue weighted by molar-refractivity contribution is -0.105. The highest BCUT2D eigenvalue weighted by Crippen LogP contribution is 1.90. The number of hydrogen-bond donors (Lipinski definition) is 0. The van der Waals surface area contributed by atoms with Crippen LogP contribution in [0.2, 0.25) is 0 Å². The second-order valence-electron chi connectivity index (χ2n) is 2.44. The van der Waals surface area contributed by atoms with E-state index in [0.29, 0.717) is 11.1 Å². The third kappa shape index (κ3) is 5.35. The molecule has 0 heterocycles. The maximum Gasteiger partial charge on any atom is 0.145 e. The van der Waals surface area contributed by atoms with Gasteiger partial charge in [-0.15, -0.1) is 0 Å². The van der Waals surface area contributed by atoms with Gasteiger partial charge in [-0.25, -0.2) is 0 Å². The van der Waals surface area contributed by atoms with Crippen LogP contribution < -0.4 is 0 Å². The predicted octanol–water partition coefficient (Wildman–Crippen LogP) is 1.83. The standard InChI is InChI=1S/C10H12O2/c1-9(7-11)5-3-4-6-10(2)8-12/h3-8H,1-2H3/b4-3+,9-5+,10-6+/i1+1,2+1,3+1,4+1,5+1,6+1,7+1,8+1,9+1,10+1. The fourth-order valence-electron chi connectivity index (χ4n) is 0.493. The Bertz CT molecular complexity index is 219. The summed E-state index contributed by atoms with van der Waals surface area (Å²) < 4.78 is 0. The van der Waals surface area contributed by atoms with Gasteiger partial charge in [0.15, 0.2) is 0 Å². The Hall–Kier alpha value is -1.44. The second kappa shape index (κ2) is 6.28. The maximum atomic E-state index is 10.1. The molecule has 0 fully saturated rings. The molecule has 0 amide bonds. The minimum absolute atomic E-state index is 0.656. The lowest BCUT2D eigenvalue weighted by Gasteiger charge is -1.81. The van der Waals surface area contributed by atoms with Crippen LogP contribution in [0, 0.1) is 0 Å². The third-order valence-electron chi connectivity index (χ3n) is 1.20. The van der Waals surface area contributed by atoms with Crippen LogP contribution in [0.3, 0.4) is 0 Å². The minimum atomic E-state index is 0.656. The van der Waals surface area contributed by atoms with E-state index in [9.17, 15) is 9.59 Å².